The van der Waals surface area contributed by atoms with Crippen molar-refractivity contribution in [2.75, 3.05) is 7.11 Å². The summed E-state index contributed by atoms with van der Waals surface area (Å²) in [6.45, 7) is 13.1. The molecule has 6 heteroatoms. The summed E-state index contributed by atoms with van der Waals surface area (Å²) in [5.74, 6) is 0.757. The minimum Gasteiger partial charge on any atom is -0.496 e. The summed E-state index contributed by atoms with van der Waals surface area (Å²) in [6.07, 6.45) is 2.09. The number of nitrogens with zero attached hydrogens (tertiary/aromatic N) is 1. The molecule has 1 aromatic heterocycles. The highest BCUT2D eigenvalue weighted by Gasteiger charge is 2.38. The molecule has 3 rings (SSSR count). The molecule has 2 heterocycles. The summed E-state index contributed by atoms with van der Waals surface area (Å²) in [4.78, 5) is 5.70. The minimum absolute atomic E-state index is 0.0786. The van der Waals surface area contributed by atoms with E-state index < -0.39 is 0 Å². The normalized spacial score (nSPS) is 18.8. The molecule has 0 atom stereocenters. The Hall–Kier alpha value is -1.37. The standard InChI is InChI=1S/C22H31N3OS2/c1-13-19(27-14(2)24-13)15-8-9-17(18(10-15)26-7)20(23)28-16-11-21(3,4)25-22(5,6)12-16/h8-10,16,23,25H,11-12H2,1-7H3. The minimum atomic E-state index is 0.0786. The number of hydrogen-bond donors (Lipinski definition) is 2. The molecular weight excluding hydrogens is 386 g/mol. The molecule has 0 unspecified atom stereocenters. The molecule has 0 saturated carbocycles. The van der Waals surface area contributed by atoms with Crippen LogP contribution in [0.2, 0.25) is 0 Å². The van der Waals surface area contributed by atoms with E-state index in [-0.39, 0.29) is 11.1 Å². The molecule has 1 aliphatic heterocycles. The maximum atomic E-state index is 8.74. The zero-order valence-corrected chi connectivity index (χ0v) is 19.5. The second-order valence-corrected chi connectivity index (χ2v) is 11.4. The highest BCUT2D eigenvalue weighted by molar-refractivity contribution is 8.14. The zero-order valence-electron chi connectivity index (χ0n) is 17.9. The lowest BCUT2D eigenvalue weighted by atomic mass is 9.82. The number of hydrogen-bond acceptors (Lipinski definition) is 6. The molecular formula is C22H31N3OS2. The Labute approximate surface area is 177 Å². The number of benzene rings is 1. The average molecular weight is 418 g/mol. The van der Waals surface area contributed by atoms with Crippen LogP contribution in [0.1, 0.15) is 56.8 Å². The average Bonchev–Trinajstić information content (AvgIpc) is 2.89. The molecule has 28 heavy (non-hydrogen) atoms. The Balaban J connectivity index is 1.83. The number of rotatable bonds is 4. The monoisotopic (exact) mass is 417 g/mol. The van der Waals surface area contributed by atoms with E-state index in [2.05, 4.69) is 44.1 Å². The van der Waals surface area contributed by atoms with Crippen LogP contribution >= 0.6 is 23.1 Å². The molecule has 0 aliphatic carbocycles. The maximum Gasteiger partial charge on any atom is 0.129 e. The summed E-state index contributed by atoms with van der Waals surface area (Å²) in [7, 11) is 1.68. The smallest absolute Gasteiger partial charge is 0.129 e. The van der Waals surface area contributed by atoms with Crippen LogP contribution in [0.5, 0.6) is 5.75 Å². The van der Waals surface area contributed by atoms with Crippen molar-refractivity contribution < 1.29 is 4.74 Å². The van der Waals surface area contributed by atoms with E-state index in [0.717, 1.165) is 40.4 Å². The van der Waals surface area contributed by atoms with Gasteiger partial charge in [0.1, 0.15) is 5.75 Å². The van der Waals surface area contributed by atoms with Gasteiger partial charge in [0, 0.05) is 21.9 Å². The topological polar surface area (TPSA) is 58.0 Å². The summed E-state index contributed by atoms with van der Waals surface area (Å²) in [5.41, 5.74) is 3.17. The highest BCUT2D eigenvalue weighted by Crippen LogP contribution is 2.39. The van der Waals surface area contributed by atoms with E-state index in [9.17, 15) is 0 Å². The van der Waals surface area contributed by atoms with E-state index in [4.69, 9.17) is 10.1 Å². The molecule has 1 saturated heterocycles. The van der Waals surface area contributed by atoms with E-state index in [1.165, 1.54) is 4.88 Å². The van der Waals surface area contributed by atoms with Crippen molar-refractivity contribution in [3.63, 3.8) is 0 Å². The van der Waals surface area contributed by atoms with E-state index >= 15 is 0 Å². The first-order valence-corrected chi connectivity index (χ1v) is 11.4. The molecule has 2 aromatic rings. The number of nitrogens with one attached hydrogen (secondary N) is 2. The quantitative estimate of drug-likeness (QED) is 0.487. The fourth-order valence-corrected chi connectivity index (χ4v) is 6.91. The van der Waals surface area contributed by atoms with Crippen molar-refractivity contribution in [2.45, 2.75) is 70.7 Å². The summed E-state index contributed by atoms with van der Waals surface area (Å²) in [6, 6.07) is 6.15. The predicted molar refractivity (Wildman–Crippen MR) is 122 cm³/mol. The highest BCUT2D eigenvalue weighted by atomic mass is 32.2. The van der Waals surface area contributed by atoms with Gasteiger partial charge in [0.15, 0.2) is 0 Å². The van der Waals surface area contributed by atoms with Crippen LogP contribution in [-0.4, -0.2) is 33.5 Å². The molecule has 152 valence electrons. The lowest BCUT2D eigenvalue weighted by molar-refractivity contribution is 0.189. The third kappa shape index (κ3) is 4.78. The Morgan fingerprint density at radius 1 is 1.21 bits per heavy atom. The van der Waals surface area contributed by atoms with E-state index in [1.807, 2.05) is 26.0 Å². The Morgan fingerprint density at radius 2 is 1.86 bits per heavy atom. The van der Waals surface area contributed by atoms with Crippen LogP contribution in [0.3, 0.4) is 0 Å². The van der Waals surface area contributed by atoms with Gasteiger partial charge in [-0.1, -0.05) is 6.07 Å². The van der Waals surface area contributed by atoms with Gasteiger partial charge in [-0.25, -0.2) is 4.98 Å². The number of piperidine rings is 1. The SMILES string of the molecule is COc1cc(-c2sc(C)nc2C)ccc1C(=N)SC1CC(C)(C)NC(C)(C)C1. The maximum absolute atomic E-state index is 8.74. The Kier molecular flexibility index (Phi) is 5.95. The number of aryl methyl sites for hydroxylation is 2. The van der Waals surface area contributed by atoms with Gasteiger partial charge in [-0.15, -0.1) is 23.1 Å². The van der Waals surface area contributed by atoms with Gasteiger partial charge in [0.25, 0.3) is 0 Å². The van der Waals surface area contributed by atoms with Gasteiger partial charge in [-0.2, -0.15) is 0 Å². The fourth-order valence-electron chi connectivity index (χ4n) is 4.36. The largest absolute Gasteiger partial charge is 0.496 e. The van der Waals surface area contributed by atoms with Gasteiger partial charge in [-0.3, -0.25) is 5.41 Å². The predicted octanol–water partition coefficient (Wildman–Crippen LogP) is 5.80. The zero-order chi connectivity index (χ0) is 20.7. The lowest BCUT2D eigenvalue weighted by Gasteiger charge is -2.46. The lowest BCUT2D eigenvalue weighted by Crippen LogP contribution is -2.58. The van der Waals surface area contributed by atoms with Crippen LogP contribution in [-0.2, 0) is 0 Å². The second-order valence-electron chi connectivity index (χ2n) is 8.93. The van der Waals surface area contributed by atoms with Gasteiger partial charge in [0.2, 0.25) is 0 Å². The number of ether oxygens (including phenoxy) is 1. The van der Waals surface area contributed by atoms with Crippen molar-refractivity contribution in [1.29, 1.82) is 5.41 Å². The van der Waals surface area contributed by atoms with Crippen LogP contribution in [0, 0.1) is 19.3 Å². The second kappa shape index (κ2) is 7.81. The van der Waals surface area contributed by atoms with Crippen molar-refractivity contribution in [3.8, 4) is 16.2 Å². The third-order valence-corrected chi connectivity index (χ3v) is 7.29. The fraction of sp³-hybridized carbons (Fsp3) is 0.545. The molecule has 0 bridgehead atoms. The first-order valence-electron chi connectivity index (χ1n) is 9.67. The van der Waals surface area contributed by atoms with Gasteiger partial charge < -0.3 is 10.1 Å². The van der Waals surface area contributed by atoms with Crippen molar-refractivity contribution in [2.24, 2.45) is 0 Å². The van der Waals surface area contributed by atoms with Crippen LogP contribution in [0.4, 0.5) is 0 Å². The first kappa shape index (κ1) is 21.3. The van der Waals surface area contributed by atoms with Crippen LogP contribution < -0.4 is 10.1 Å². The molecule has 0 spiro atoms. The Bertz CT molecular complexity index is 870. The molecule has 0 radical (unpaired) electrons. The van der Waals surface area contributed by atoms with E-state index in [1.54, 1.807) is 30.2 Å². The van der Waals surface area contributed by atoms with Crippen molar-refractivity contribution in [1.82, 2.24) is 10.3 Å². The van der Waals surface area contributed by atoms with E-state index in [0.29, 0.717) is 10.3 Å². The molecule has 4 nitrogen and oxygen atoms in total. The summed E-state index contributed by atoms with van der Waals surface area (Å²) < 4.78 is 5.66. The van der Waals surface area contributed by atoms with Crippen molar-refractivity contribution >= 4 is 28.1 Å². The van der Waals surface area contributed by atoms with Crippen LogP contribution in [0.25, 0.3) is 10.4 Å². The van der Waals surface area contributed by atoms with Crippen LogP contribution in [0.15, 0.2) is 18.2 Å². The van der Waals surface area contributed by atoms with Gasteiger partial charge in [-0.05, 0) is 72.1 Å². The molecule has 0 amide bonds. The molecule has 2 N–H and O–H groups in total. The van der Waals surface area contributed by atoms with Gasteiger partial charge in [0.05, 0.1) is 27.7 Å². The third-order valence-electron chi connectivity index (χ3n) is 5.05. The number of methoxy groups -OCH3 is 1. The number of aromatic nitrogens is 1. The number of thiazole rings is 1. The summed E-state index contributed by atoms with van der Waals surface area (Å²) >= 11 is 3.37. The number of thioether (sulfide) groups is 1. The molecule has 1 fully saturated rings. The van der Waals surface area contributed by atoms with Crippen molar-refractivity contribution in [3.05, 3.63) is 34.5 Å². The Morgan fingerprint density at radius 3 is 2.39 bits per heavy atom. The first-order chi connectivity index (χ1) is 13.0. The molecule has 1 aromatic carbocycles. The summed E-state index contributed by atoms with van der Waals surface area (Å²) in [5, 5.41) is 14.5. The van der Waals surface area contributed by atoms with Gasteiger partial charge >= 0.3 is 0 Å². The molecule has 1 aliphatic rings.